The third-order valence-corrected chi connectivity index (χ3v) is 4.87. The first-order chi connectivity index (χ1) is 8.80. The molecular weight excluding hydrogens is 368 g/mol. The quantitative estimate of drug-likeness (QED) is 0.804. The van der Waals surface area contributed by atoms with Crippen LogP contribution in [0.4, 0.5) is 5.69 Å². The molecule has 1 saturated heterocycles. The Morgan fingerprint density at radius 2 is 2.00 bits per heavy atom. The zero-order valence-electron chi connectivity index (χ0n) is 12.0. The Hall–Kier alpha value is -0.0600. The SMILES string of the molecule is CC(C)C1CNC(C)(C)CN1c1ccc(Br)cc1Br. The van der Waals surface area contributed by atoms with Gasteiger partial charge >= 0.3 is 0 Å². The predicted molar refractivity (Wildman–Crippen MR) is 89.9 cm³/mol. The van der Waals surface area contributed by atoms with Crippen LogP contribution in [0.1, 0.15) is 27.7 Å². The van der Waals surface area contributed by atoms with Crippen LogP contribution < -0.4 is 10.2 Å². The van der Waals surface area contributed by atoms with E-state index in [9.17, 15) is 0 Å². The lowest BCUT2D eigenvalue weighted by Crippen LogP contribution is -2.63. The minimum atomic E-state index is 0.151. The fourth-order valence-corrected chi connectivity index (χ4v) is 3.94. The van der Waals surface area contributed by atoms with Gasteiger partial charge in [-0.25, -0.2) is 0 Å². The molecular formula is C15H22Br2N2. The Labute approximate surface area is 133 Å². The molecule has 2 rings (SSSR count). The first-order valence-corrected chi connectivity index (χ1v) is 8.35. The average molecular weight is 390 g/mol. The van der Waals surface area contributed by atoms with Crippen LogP contribution in [-0.4, -0.2) is 24.7 Å². The summed E-state index contributed by atoms with van der Waals surface area (Å²) in [5.74, 6) is 0.624. The first kappa shape index (κ1) is 15.3. The van der Waals surface area contributed by atoms with Crippen LogP contribution in [0, 0.1) is 5.92 Å². The second-order valence-electron chi connectivity index (χ2n) is 6.30. The molecule has 1 N–H and O–H groups in total. The summed E-state index contributed by atoms with van der Waals surface area (Å²) in [6.45, 7) is 11.2. The van der Waals surface area contributed by atoms with Gasteiger partial charge in [-0.1, -0.05) is 29.8 Å². The summed E-state index contributed by atoms with van der Waals surface area (Å²) in [6, 6.07) is 6.98. The van der Waals surface area contributed by atoms with E-state index in [1.54, 1.807) is 0 Å². The molecule has 1 unspecified atom stereocenters. The van der Waals surface area contributed by atoms with Crippen LogP contribution in [0.2, 0.25) is 0 Å². The third kappa shape index (κ3) is 3.53. The number of anilines is 1. The van der Waals surface area contributed by atoms with Gasteiger partial charge in [0, 0.05) is 33.6 Å². The molecule has 106 valence electrons. The largest absolute Gasteiger partial charge is 0.364 e. The van der Waals surface area contributed by atoms with Crippen molar-refractivity contribution in [2.75, 3.05) is 18.0 Å². The molecule has 0 amide bonds. The average Bonchev–Trinajstić information content (AvgIpc) is 2.27. The van der Waals surface area contributed by atoms with Crippen LogP contribution in [0.25, 0.3) is 0 Å². The Morgan fingerprint density at radius 3 is 2.58 bits per heavy atom. The van der Waals surface area contributed by atoms with Crippen molar-refractivity contribution < 1.29 is 0 Å². The standard InChI is InChI=1S/C15H22Br2N2/c1-10(2)14-8-18-15(3,4)9-19(14)13-6-5-11(16)7-12(13)17/h5-7,10,14,18H,8-9H2,1-4H3. The molecule has 0 aromatic heterocycles. The first-order valence-electron chi connectivity index (χ1n) is 6.77. The third-order valence-electron chi connectivity index (χ3n) is 3.74. The summed E-state index contributed by atoms with van der Waals surface area (Å²) in [6.07, 6.45) is 0. The maximum absolute atomic E-state index is 3.70. The minimum Gasteiger partial charge on any atom is -0.364 e. The van der Waals surface area contributed by atoms with Gasteiger partial charge in [-0.15, -0.1) is 0 Å². The summed E-state index contributed by atoms with van der Waals surface area (Å²) >= 11 is 7.23. The van der Waals surface area contributed by atoms with Gasteiger partial charge in [0.15, 0.2) is 0 Å². The lowest BCUT2D eigenvalue weighted by atomic mass is 9.92. The highest BCUT2D eigenvalue weighted by Crippen LogP contribution is 2.34. The Balaban J connectivity index is 2.36. The monoisotopic (exact) mass is 388 g/mol. The van der Waals surface area contributed by atoms with Gasteiger partial charge in [0.1, 0.15) is 0 Å². The molecule has 1 aromatic rings. The molecule has 0 bridgehead atoms. The van der Waals surface area contributed by atoms with E-state index in [4.69, 9.17) is 0 Å². The lowest BCUT2D eigenvalue weighted by molar-refractivity contribution is 0.277. The molecule has 2 nitrogen and oxygen atoms in total. The van der Waals surface area contributed by atoms with E-state index in [-0.39, 0.29) is 5.54 Å². The number of hydrogen-bond donors (Lipinski definition) is 1. The van der Waals surface area contributed by atoms with Gasteiger partial charge in [0.25, 0.3) is 0 Å². The second-order valence-corrected chi connectivity index (χ2v) is 8.07. The lowest BCUT2D eigenvalue weighted by Gasteiger charge is -2.47. The van der Waals surface area contributed by atoms with Gasteiger partial charge in [-0.2, -0.15) is 0 Å². The fraction of sp³-hybridized carbons (Fsp3) is 0.600. The number of piperazine rings is 1. The number of rotatable bonds is 2. The van der Waals surface area contributed by atoms with Crippen LogP contribution >= 0.6 is 31.9 Å². The summed E-state index contributed by atoms with van der Waals surface area (Å²) < 4.78 is 2.27. The van der Waals surface area contributed by atoms with E-state index < -0.39 is 0 Å². The number of hydrogen-bond acceptors (Lipinski definition) is 2. The topological polar surface area (TPSA) is 15.3 Å². The van der Waals surface area contributed by atoms with Crippen molar-refractivity contribution in [3.05, 3.63) is 27.1 Å². The van der Waals surface area contributed by atoms with E-state index in [1.165, 1.54) is 5.69 Å². The van der Waals surface area contributed by atoms with E-state index in [0.29, 0.717) is 12.0 Å². The van der Waals surface area contributed by atoms with Crippen LogP contribution in [0.5, 0.6) is 0 Å². The normalized spacial score (nSPS) is 22.9. The van der Waals surface area contributed by atoms with Crippen molar-refractivity contribution in [3.8, 4) is 0 Å². The molecule has 4 heteroatoms. The maximum atomic E-state index is 3.70. The van der Waals surface area contributed by atoms with Gasteiger partial charge in [-0.3, -0.25) is 0 Å². The highest BCUT2D eigenvalue weighted by molar-refractivity contribution is 9.11. The molecule has 0 saturated carbocycles. The Kier molecular flexibility index (Phi) is 4.63. The molecule has 1 fully saturated rings. The van der Waals surface area contributed by atoms with E-state index in [2.05, 4.69) is 88.0 Å². The van der Waals surface area contributed by atoms with E-state index >= 15 is 0 Å². The van der Waals surface area contributed by atoms with Crippen molar-refractivity contribution in [1.29, 1.82) is 0 Å². The van der Waals surface area contributed by atoms with Crippen molar-refractivity contribution in [2.45, 2.75) is 39.3 Å². The van der Waals surface area contributed by atoms with Gasteiger partial charge < -0.3 is 10.2 Å². The van der Waals surface area contributed by atoms with Gasteiger partial charge in [0.2, 0.25) is 0 Å². The summed E-state index contributed by atoms with van der Waals surface area (Å²) in [5, 5.41) is 3.65. The summed E-state index contributed by atoms with van der Waals surface area (Å²) in [7, 11) is 0. The smallest absolute Gasteiger partial charge is 0.0515 e. The molecule has 1 atom stereocenters. The van der Waals surface area contributed by atoms with Crippen molar-refractivity contribution >= 4 is 37.5 Å². The van der Waals surface area contributed by atoms with Crippen molar-refractivity contribution in [3.63, 3.8) is 0 Å². The van der Waals surface area contributed by atoms with Crippen molar-refractivity contribution in [1.82, 2.24) is 5.32 Å². The van der Waals surface area contributed by atoms with Crippen LogP contribution in [0.15, 0.2) is 27.1 Å². The van der Waals surface area contributed by atoms with Crippen LogP contribution in [-0.2, 0) is 0 Å². The number of halogens is 2. The fourth-order valence-electron chi connectivity index (χ4n) is 2.66. The van der Waals surface area contributed by atoms with E-state index in [0.717, 1.165) is 22.0 Å². The second kappa shape index (κ2) is 5.74. The molecule has 0 spiro atoms. The molecule has 1 aliphatic rings. The molecule has 19 heavy (non-hydrogen) atoms. The highest BCUT2D eigenvalue weighted by atomic mass is 79.9. The molecule has 0 radical (unpaired) electrons. The number of nitrogens with one attached hydrogen (secondary N) is 1. The van der Waals surface area contributed by atoms with E-state index in [1.807, 2.05) is 0 Å². The zero-order chi connectivity index (χ0) is 14.2. The minimum absolute atomic E-state index is 0.151. The molecule has 1 aromatic carbocycles. The highest BCUT2D eigenvalue weighted by Gasteiger charge is 2.34. The van der Waals surface area contributed by atoms with Crippen molar-refractivity contribution in [2.24, 2.45) is 5.92 Å². The molecule has 1 aliphatic heterocycles. The van der Waals surface area contributed by atoms with Gasteiger partial charge in [0.05, 0.1) is 5.69 Å². The Morgan fingerprint density at radius 1 is 1.32 bits per heavy atom. The number of nitrogens with zero attached hydrogens (tertiary/aromatic N) is 1. The summed E-state index contributed by atoms with van der Waals surface area (Å²) in [4.78, 5) is 2.54. The summed E-state index contributed by atoms with van der Waals surface area (Å²) in [5.41, 5.74) is 1.44. The maximum Gasteiger partial charge on any atom is 0.0515 e. The zero-order valence-corrected chi connectivity index (χ0v) is 15.2. The number of benzene rings is 1. The van der Waals surface area contributed by atoms with Crippen LogP contribution in [0.3, 0.4) is 0 Å². The molecule has 1 heterocycles. The predicted octanol–water partition coefficient (Wildman–Crippen LogP) is 4.42. The van der Waals surface area contributed by atoms with Gasteiger partial charge in [-0.05, 0) is 53.9 Å². The molecule has 0 aliphatic carbocycles. The Bertz CT molecular complexity index is 457.